The van der Waals surface area contributed by atoms with Crippen LogP contribution < -0.4 is 0 Å². The molecule has 0 heterocycles. The van der Waals surface area contributed by atoms with Gasteiger partial charge in [-0.1, -0.05) is 289 Å². The van der Waals surface area contributed by atoms with Crippen molar-refractivity contribution in [1.29, 1.82) is 0 Å². The van der Waals surface area contributed by atoms with Gasteiger partial charge in [-0.05, 0) is 116 Å². The van der Waals surface area contributed by atoms with Gasteiger partial charge in [-0.3, -0.25) is 14.4 Å². The number of unbranched alkanes of at least 4 members (excludes halogenated alkanes) is 25. The maximum atomic E-state index is 12.9. The third-order valence-corrected chi connectivity index (χ3v) is 13.7. The summed E-state index contributed by atoms with van der Waals surface area (Å²) in [5, 5.41) is 0. The average molecular weight is 1090 g/mol. The Morgan fingerprint density at radius 2 is 0.494 bits per heavy atom. The fraction of sp³-hybridized carbons (Fsp3) is 0.658. The molecule has 0 saturated heterocycles. The van der Waals surface area contributed by atoms with Gasteiger partial charge in [0.15, 0.2) is 6.10 Å². The summed E-state index contributed by atoms with van der Waals surface area (Å²) in [4.78, 5) is 38.4. The van der Waals surface area contributed by atoms with Crippen molar-refractivity contribution in [2.45, 2.75) is 297 Å². The summed E-state index contributed by atoms with van der Waals surface area (Å²) in [6.07, 6.45) is 93.0. The summed E-state index contributed by atoms with van der Waals surface area (Å²) in [5.74, 6) is -0.924. The number of rotatable bonds is 58. The maximum absolute atomic E-state index is 12.9. The number of esters is 3. The Hall–Kier alpha value is -4.45. The second kappa shape index (κ2) is 66.1. The van der Waals surface area contributed by atoms with Gasteiger partial charge in [0.1, 0.15) is 13.2 Å². The van der Waals surface area contributed by atoms with Crippen LogP contribution >= 0.6 is 0 Å². The molecule has 0 aromatic rings. The van der Waals surface area contributed by atoms with Crippen LogP contribution in [0, 0.1) is 0 Å². The molecule has 6 heteroatoms. The first-order valence-electron chi connectivity index (χ1n) is 32.7. The summed E-state index contributed by atoms with van der Waals surface area (Å²) < 4.78 is 16.9. The van der Waals surface area contributed by atoms with Crippen LogP contribution in [0.2, 0.25) is 0 Å². The molecule has 0 aliphatic rings. The van der Waals surface area contributed by atoms with Crippen molar-refractivity contribution in [3.8, 4) is 0 Å². The van der Waals surface area contributed by atoms with E-state index in [9.17, 15) is 14.4 Å². The van der Waals surface area contributed by atoms with Gasteiger partial charge in [0.05, 0.1) is 0 Å². The molecule has 6 nitrogen and oxygen atoms in total. The molecule has 0 aromatic carbocycles. The van der Waals surface area contributed by atoms with Gasteiger partial charge >= 0.3 is 17.9 Å². The van der Waals surface area contributed by atoms with E-state index < -0.39 is 6.10 Å². The lowest BCUT2D eigenvalue weighted by atomic mass is 10.0. The first kappa shape index (κ1) is 74.5. The van der Waals surface area contributed by atoms with Crippen LogP contribution in [-0.4, -0.2) is 37.2 Å². The smallest absolute Gasteiger partial charge is 0.306 e. The van der Waals surface area contributed by atoms with E-state index in [0.29, 0.717) is 19.3 Å². The molecule has 0 rings (SSSR count). The molecule has 0 saturated carbocycles. The second-order valence-corrected chi connectivity index (χ2v) is 21.3. The second-order valence-electron chi connectivity index (χ2n) is 21.3. The molecule has 0 aliphatic carbocycles. The highest BCUT2D eigenvalue weighted by molar-refractivity contribution is 5.71. The summed E-state index contributed by atoms with van der Waals surface area (Å²) in [6, 6.07) is 0. The Morgan fingerprint density at radius 1 is 0.266 bits per heavy atom. The van der Waals surface area contributed by atoms with E-state index in [2.05, 4.69) is 154 Å². The molecule has 0 fully saturated rings. The van der Waals surface area contributed by atoms with Crippen LogP contribution in [0.3, 0.4) is 0 Å². The Balaban J connectivity index is 4.46. The molecule has 1 atom stereocenters. The molecule has 0 bridgehead atoms. The molecule has 0 amide bonds. The van der Waals surface area contributed by atoms with Crippen LogP contribution in [-0.2, 0) is 28.6 Å². The van der Waals surface area contributed by atoms with E-state index >= 15 is 0 Å². The minimum atomic E-state index is -0.800. The van der Waals surface area contributed by atoms with Crippen molar-refractivity contribution in [2.24, 2.45) is 0 Å². The molecule has 0 spiro atoms. The van der Waals surface area contributed by atoms with Gasteiger partial charge in [0, 0.05) is 19.3 Å². The van der Waals surface area contributed by atoms with E-state index in [1.807, 2.05) is 0 Å². The zero-order valence-corrected chi connectivity index (χ0v) is 51.3. The minimum Gasteiger partial charge on any atom is -0.462 e. The number of ether oxygens (including phenoxy) is 3. The first-order valence-corrected chi connectivity index (χ1v) is 32.7. The molecule has 0 aromatic heterocycles. The van der Waals surface area contributed by atoms with Crippen LogP contribution in [0.1, 0.15) is 290 Å². The van der Waals surface area contributed by atoms with Crippen molar-refractivity contribution in [2.75, 3.05) is 13.2 Å². The van der Waals surface area contributed by atoms with Crippen molar-refractivity contribution in [3.05, 3.63) is 134 Å². The summed E-state index contributed by atoms with van der Waals surface area (Å²) in [6.45, 7) is 6.40. The van der Waals surface area contributed by atoms with Crippen molar-refractivity contribution >= 4 is 17.9 Å². The lowest BCUT2D eigenvalue weighted by molar-refractivity contribution is -0.167. The fourth-order valence-corrected chi connectivity index (χ4v) is 8.83. The molecule has 448 valence electrons. The van der Waals surface area contributed by atoms with Crippen LogP contribution in [0.15, 0.2) is 134 Å². The first-order chi connectivity index (χ1) is 39.0. The Morgan fingerprint density at radius 3 is 0.772 bits per heavy atom. The van der Waals surface area contributed by atoms with Crippen molar-refractivity contribution in [1.82, 2.24) is 0 Å². The van der Waals surface area contributed by atoms with Crippen molar-refractivity contribution in [3.63, 3.8) is 0 Å². The third-order valence-electron chi connectivity index (χ3n) is 13.7. The largest absolute Gasteiger partial charge is 0.462 e. The monoisotopic (exact) mass is 1090 g/mol. The predicted octanol–water partition coefficient (Wildman–Crippen LogP) is 22.5. The molecular weight excluding hydrogens is 973 g/mol. The van der Waals surface area contributed by atoms with Crippen LogP contribution in [0.4, 0.5) is 0 Å². The topological polar surface area (TPSA) is 78.9 Å². The third kappa shape index (κ3) is 64.3. The summed E-state index contributed by atoms with van der Waals surface area (Å²) in [5.41, 5.74) is 0. The van der Waals surface area contributed by atoms with Gasteiger partial charge in [-0.15, -0.1) is 0 Å². The molecule has 0 radical (unpaired) electrons. The summed E-state index contributed by atoms with van der Waals surface area (Å²) in [7, 11) is 0. The van der Waals surface area contributed by atoms with Crippen LogP contribution in [0.25, 0.3) is 0 Å². The van der Waals surface area contributed by atoms with Gasteiger partial charge in [-0.25, -0.2) is 0 Å². The van der Waals surface area contributed by atoms with Gasteiger partial charge in [0.25, 0.3) is 0 Å². The number of allylic oxidation sites excluding steroid dienone is 22. The fourth-order valence-electron chi connectivity index (χ4n) is 8.83. The Labute approximate surface area is 487 Å². The highest BCUT2D eigenvalue weighted by atomic mass is 16.6. The number of carbonyl (C=O) groups excluding carboxylic acids is 3. The number of hydrogen-bond acceptors (Lipinski definition) is 6. The normalized spacial score (nSPS) is 13.0. The zero-order valence-electron chi connectivity index (χ0n) is 51.3. The molecule has 0 aliphatic heterocycles. The Bertz CT molecular complexity index is 1680. The maximum Gasteiger partial charge on any atom is 0.306 e. The molecule has 0 N–H and O–H groups in total. The van der Waals surface area contributed by atoms with E-state index in [0.717, 1.165) is 154 Å². The van der Waals surface area contributed by atoms with E-state index in [-0.39, 0.29) is 31.1 Å². The van der Waals surface area contributed by atoms with Gasteiger partial charge < -0.3 is 14.2 Å². The van der Waals surface area contributed by atoms with Gasteiger partial charge in [0.2, 0.25) is 0 Å². The highest BCUT2D eigenvalue weighted by Gasteiger charge is 2.19. The van der Waals surface area contributed by atoms with E-state index in [1.54, 1.807) is 0 Å². The Kier molecular flexibility index (Phi) is 62.3. The average Bonchev–Trinajstić information content (AvgIpc) is 3.45. The molecule has 79 heavy (non-hydrogen) atoms. The lowest BCUT2D eigenvalue weighted by Crippen LogP contribution is -2.30. The number of carbonyl (C=O) groups is 3. The quantitative estimate of drug-likeness (QED) is 0.0261. The molecular formula is C73H120O6. The van der Waals surface area contributed by atoms with E-state index in [1.165, 1.54) is 96.3 Å². The SMILES string of the molecule is CC/C=C\C/C=C\C/C=C\C/C=C\C/C=C\C/C=C\CCCCCCC(=O)OCC(COC(=O)CCCCCCCCCCCCCCCCC)OC(=O)CCCCCCCCC/C=C\C/C=C\C/C=C\C/C=C\C/C=C\CC. The zero-order chi connectivity index (χ0) is 57.1. The van der Waals surface area contributed by atoms with Crippen molar-refractivity contribution < 1.29 is 28.6 Å². The number of hydrogen-bond donors (Lipinski definition) is 0. The highest BCUT2D eigenvalue weighted by Crippen LogP contribution is 2.16. The predicted molar refractivity (Wildman–Crippen MR) is 343 cm³/mol. The van der Waals surface area contributed by atoms with Gasteiger partial charge in [-0.2, -0.15) is 0 Å². The standard InChI is InChI=1S/C73H120O6/c1-4-7-10-13-16-19-22-25-28-30-32-34-36-38-40-42-45-48-51-54-57-60-63-66-72(75)78-69-70(68-77-71(74)65-62-59-56-53-50-47-44-27-24-21-18-15-12-9-6-3)79-73(76)67-64-61-58-55-52-49-46-43-41-39-37-35-33-31-29-26-23-20-17-14-11-8-5-2/h7-8,10-11,16-17,19-20,25-26,28-29,32-35,38-41,45,48,70H,4-6,9,12-15,18,21-24,27,30-31,36-37,42-44,46-47,49-69H2,1-3H3/b10-7-,11-8-,19-16-,20-17-,28-25-,29-26-,34-32-,35-33-,40-38-,41-39-,48-45-. The van der Waals surface area contributed by atoms with E-state index in [4.69, 9.17) is 14.2 Å². The minimum absolute atomic E-state index is 0.0924. The molecule has 1 unspecified atom stereocenters. The van der Waals surface area contributed by atoms with Crippen LogP contribution in [0.5, 0.6) is 0 Å². The lowest BCUT2D eigenvalue weighted by Gasteiger charge is -2.18. The summed E-state index contributed by atoms with van der Waals surface area (Å²) >= 11 is 0.